The minimum Gasteiger partial charge on any atom is -0.485 e. The van der Waals surface area contributed by atoms with Gasteiger partial charge >= 0.3 is 0 Å². The Kier molecular flexibility index (Phi) is 5.11. The number of hydrogen-bond acceptors (Lipinski definition) is 5. The molecule has 2 aromatic carbocycles. The van der Waals surface area contributed by atoms with Crippen molar-refractivity contribution >= 4 is 0 Å². The van der Waals surface area contributed by atoms with Crippen LogP contribution in [0.25, 0.3) is 0 Å². The lowest BCUT2D eigenvalue weighted by atomic mass is 10.2. The van der Waals surface area contributed by atoms with E-state index in [1.807, 2.05) is 6.07 Å². The Bertz CT molecular complexity index is 894. The van der Waals surface area contributed by atoms with Crippen molar-refractivity contribution in [3.05, 3.63) is 77.4 Å². The van der Waals surface area contributed by atoms with Gasteiger partial charge in [0.1, 0.15) is 17.4 Å². The molecule has 0 saturated heterocycles. The van der Waals surface area contributed by atoms with Crippen molar-refractivity contribution in [2.24, 2.45) is 0 Å². The van der Waals surface area contributed by atoms with E-state index >= 15 is 0 Å². The average Bonchev–Trinajstić information content (AvgIpc) is 3.43. The number of halogens is 2. The smallest absolute Gasteiger partial charge is 0.240 e. The van der Waals surface area contributed by atoms with Gasteiger partial charge < -0.3 is 9.26 Å². The SMILES string of the molecule is Fc1ccc(OCc2noc(CN(Cc3ccccc3F)C3CC3)n2)cc1. The molecule has 3 aromatic rings. The summed E-state index contributed by atoms with van der Waals surface area (Å²) in [6, 6.07) is 12.9. The van der Waals surface area contributed by atoms with Crippen LogP contribution in [0.3, 0.4) is 0 Å². The lowest BCUT2D eigenvalue weighted by molar-refractivity contribution is 0.206. The molecule has 0 atom stereocenters. The van der Waals surface area contributed by atoms with Crippen molar-refractivity contribution < 1.29 is 18.0 Å². The Morgan fingerprint density at radius 3 is 2.56 bits per heavy atom. The van der Waals surface area contributed by atoms with Gasteiger partial charge in [0, 0.05) is 18.2 Å². The highest BCUT2D eigenvalue weighted by atomic mass is 19.1. The molecule has 1 aromatic heterocycles. The molecule has 1 aliphatic carbocycles. The fourth-order valence-electron chi connectivity index (χ4n) is 2.86. The van der Waals surface area contributed by atoms with E-state index < -0.39 is 0 Å². The van der Waals surface area contributed by atoms with Crippen LogP contribution in [0, 0.1) is 11.6 Å². The summed E-state index contributed by atoms with van der Waals surface area (Å²) in [5.41, 5.74) is 0.656. The highest BCUT2D eigenvalue weighted by Crippen LogP contribution is 2.30. The van der Waals surface area contributed by atoms with Crippen molar-refractivity contribution in [2.45, 2.75) is 38.6 Å². The molecular formula is C20H19F2N3O2. The Hall–Kier alpha value is -2.80. The maximum atomic E-state index is 13.9. The van der Waals surface area contributed by atoms with E-state index in [0.717, 1.165) is 12.8 Å². The van der Waals surface area contributed by atoms with Gasteiger partial charge in [-0.05, 0) is 43.2 Å². The standard InChI is InChI=1S/C20H19F2N3O2/c21-15-5-9-17(10-6-15)26-13-19-23-20(27-24-19)12-25(16-7-8-16)11-14-3-1-2-4-18(14)22/h1-6,9-10,16H,7-8,11-13H2. The van der Waals surface area contributed by atoms with E-state index in [4.69, 9.17) is 9.26 Å². The zero-order valence-electron chi connectivity index (χ0n) is 14.6. The lowest BCUT2D eigenvalue weighted by Gasteiger charge is -2.20. The third-order valence-corrected chi connectivity index (χ3v) is 4.42. The molecule has 0 aliphatic heterocycles. The molecule has 7 heteroatoms. The van der Waals surface area contributed by atoms with Gasteiger partial charge in [-0.1, -0.05) is 23.4 Å². The molecule has 5 nitrogen and oxygen atoms in total. The molecule has 4 rings (SSSR count). The molecule has 0 spiro atoms. The zero-order valence-corrected chi connectivity index (χ0v) is 14.6. The van der Waals surface area contributed by atoms with Gasteiger partial charge in [0.15, 0.2) is 6.61 Å². The van der Waals surface area contributed by atoms with E-state index in [0.29, 0.717) is 42.2 Å². The molecule has 0 unspecified atom stereocenters. The fourth-order valence-corrected chi connectivity index (χ4v) is 2.86. The second-order valence-electron chi connectivity index (χ2n) is 6.57. The second kappa shape index (κ2) is 7.84. The van der Waals surface area contributed by atoms with Crippen molar-refractivity contribution in [3.8, 4) is 5.75 Å². The van der Waals surface area contributed by atoms with Gasteiger partial charge in [-0.3, -0.25) is 4.90 Å². The maximum absolute atomic E-state index is 13.9. The van der Waals surface area contributed by atoms with Crippen LogP contribution in [0.1, 0.15) is 30.1 Å². The van der Waals surface area contributed by atoms with E-state index in [1.165, 1.54) is 18.2 Å². The van der Waals surface area contributed by atoms with Crippen molar-refractivity contribution in [3.63, 3.8) is 0 Å². The average molecular weight is 371 g/mol. The lowest BCUT2D eigenvalue weighted by Crippen LogP contribution is -2.25. The van der Waals surface area contributed by atoms with Crippen LogP contribution in [0.15, 0.2) is 53.1 Å². The molecule has 0 N–H and O–H groups in total. The normalized spacial score (nSPS) is 13.9. The summed E-state index contributed by atoms with van der Waals surface area (Å²) in [5, 5.41) is 3.92. The molecular weight excluding hydrogens is 352 g/mol. The Labute approximate surface area is 155 Å². The van der Waals surface area contributed by atoms with Crippen LogP contribution in [0.5, 0.6) is 5.75 Å². The first-order valence-corrected chi connectivity index (χ1v) is 8.84. The number of benzene rings is 2. The summed E-state index contributed by atoms with van der Waals surface area (Å²) in [7, 11) is 0. The third kappa shape index (κ3) is 4.68. The number of ether oxygens (including phenoxy) is 1. The molecule has 1 saturated carbocycles. The Balaban J connectivity index is 1.37. The van der Waals surface area contributed by atoms with E-state index in [-0.39, 0.29) is 18.2 Å². The van der Waals surface area contributed by atoms with Gasteiger partial charge in [-0.25, -0.2) is 8.78 Å². The van der Waals surface area contributed by atoms with Crippen LogP contribution in [0.4, 0.5) is 8.78 Å². The molecule has 0 amide bonds. The largest absolute Gasteiger partial charge is 0.485 e. The van der Waals surface area contributed by atoms with Crippen LogP contribution >= 0.6 is 0 Å². The maximum Gasteiger partial charge on any atom is 0.240 e. The van der Waals surface area contributed by atoms with Gasteiger partial charge in [0.25, 0.3) is 0 Å². The fraction of sp³-hybridized carbons (Fsp3) is 0.300. The minimum absolute atomic E-state index is 0.131. The van der Waals surface area contributed by atoms with E-state index in [2.05, 4.69) is 15.0 Å². The summed E-state index contributed by atoms with van der Waals surface area (Å²) >= 11 is 0. The van der Waals surface area contributed by atoms with Gasteiger partial charge in [-0.2, -0.15) is 4.98 Å². The first kappa shape index (κ1) is 17.6. The third-order valence-electron chi connectivity index (χ3n) is 4.42. The summed E-state index contributed by atoms with van der Waals surface area (Å²) in [6.07, 6.45) is 2.17. The number of aromatic nitrogens is 2. The molecule has 1 fully saturated rings. The summed E-state index contributed by atoms with van der Waals surface area (Å²) < 4.78 is 37.7. The summed E-state index contributed by atoms with van der Waals surface area (Å²) in [4.78, 5) is 6.49. The van der Waals surface area contributed by atoms with Gasteiger partial charge in [-0.15, -0.1) is 0 Å². The summed E-state index contributed by atoms with van der Waals surface area (Å²) in [5.74, 6) is 0.884. The van der Waals surface area contributed by atoms with Gasteiger partial charge in [0.05, 0.1) is 6.54 Å². The van der Waals surface area contributed by atoms with Crippen LogP contribution in [-0.4, -0.2) is 21.1 Å². The van der Waals surface area contributed by atoms with Gasteiger partial charge in [0.2, 0.25) is 11.7 Å². The monoisotopic (exact) mass is 371 g/mol. The molecule has 27 heavy (non-hydrogen) atoms. The highest BCUT2D eigenvalue weighted by Gasteiger charge is 2.30. The predicted octanol–water partition coefficient (Wildman–Crippen LogP) is 4.09. The van der Waals surface area contributed by atoms with Crippen LogP contribution < -0.4 is 4.74 Å². The number of hydrogen-bond donors (Lipinski definition) is 0. The summed E-state index contributed by atoms with van der Waals surface area (Å²) in [6.45, 7) is 1.09. The molecule has 1 aliphatic rings. The molecule has 140 valence electrons. The topological polar surface area (TPSA) is 51.4 Å². The van der Waals surface area contributed by atoms with Crippen molar-refractivity contribution in [2.75, 3.05) is 0 Å². The molecule has 0 bridgehead atoms. The van der Waals surface area contributed by atoms with Crippen molar-refractivity contribution in [1.82, 2.24) is 15.0 Å². The minimum atomic E-state index is -0.320. The predicted molar refractivity (Wildman–Crippen MR) is 93.7 cm³/mol. The first-order chi connectivity index (χ1) is 13.2. The van der Waals surface area contributed by atoms with E-state index in [1.54, 1.807) is 24.3 Å². The number of rotatable bonds is 8. The van der Waals surface area contributed by atoms with E-state index in [9.17, 15) is 8.78 Å². The zero-order chi connectivity index (χ0) is 18.6. The first-order valence-electron chi connectivity index (χ1n) is 8.84. The van der Waals surface area contributed by atoms with Crippen LogP contribution in [-0.2, 0) is 19.7 Å². The number of nitrogens with zero attached hydrogens (tertiary/aromatic N) is 3. The molecule has 1 heterocycles. The Morgan fingerprint density at radius 1 is 1.04 bits per heavy atom. The Morgan fingerprint density at radius 2 is 1.81 bits per heavy atom. The second-order valence-corrected chi connectivity index (χ2v) is 6.57. The quantitative estimate of drug-likeness (QED) is 0.597. The van der Waals surface area contributed by atoms with Crippen LogP contribution in [0.2, 0.25) is 0 Å². The van der Waals surface area contributed by atoms with Crippen molar-refractivity contribution in [1.29, 1.82) is 0 Å². The molecule has 0 radical (unpaired) electrons. The highest BCUT2D eigenvalue weighted by molar-refractivity contribution is 5.22.